The van der Waals surface area contributed by atoms with Crippen molar-refractivity contribution in [1.82, 2.24) is 9.88 Å². The Morgan fingerprint density at radius 1 is 1.20 bits per heavy atom. The van der Waals surface area contributed by atoms with E-state index in [1.54, 1.807) is 13.2 Å². The molecule has 0 saturated carbocycles. The monoisotopic (exact) mass is 702 g/mol. The molecule has 2 heterocycles. The maximum atomic E-state index is 10.6. The highest BCUT2D eigenvalue weighted by atomic mass is 127. The Morgan fingerprint density at radius 2 is 1.97 bits per heavy atom. The van der Waals surface area contributed by atoms with Crippen molar-refractivity contribution >= 4 is 50.5 Å². The molecule has 0 amide bonds. The van der Waals surface area contributed by atoms with Crippen molar-refractivity contribution < 1.29 is 19.4 Å². The molecule has 0 unspecified atom stereocenters. The molecule has 4 rings (SSSR count). The lowest BCUT2D eigenvalue weighted by Gasteiger charge is -2.39. The summed E-state index contributed by atoms with van der Waals surface area (Å²) in [4.78, 5) is 7.05. The number of aromatic nitrogens is 1. The van der Waals surface area contributed by atoms with Gasteiger partial charge in [0.25, 0.3) is 0 Å². The summed E-state index contributed by atoms with van der Waals surface area (Å²) in [5.74, 6) is 1.48. The first-order valence-corrected chi connectivity index (χ1v) is 17.1. The first kappa shape index (κ1) is 26.6. The Kier molecular flexibility index (Phi) is 9.25. The molecule has 1 aliphatic rings. The average Bonchev–Trinajstić information content (AvgIpc) is 3.39. The van der Waals surface area contributed by atoms with E-state index in [0.717, 1.165) is 60.6 Å². The maximum Gasteiger partial charge on any atom is 0.226 e. The fraction of sp³-hybridized carbons (Fsp3) is 0.370. The van der Waals surface area contributed by atoms with Gasteiger partial charge >= 0.3 is 0 Å². The van der Waals surface area contributed by atoms with E-state index in [0.29, 0.717) is 5.89 Å². The molecule has 1 aliphatic heterocycles. The summed E-state index contributed by atoms with van der Waals surface area (Å²) < 4.78 is 20.6. The van der Waals surface area contributed by atoms with E-state index in [4.69, 9.17) is 14.1 Å². The number of likely N-dealkylation sites (tertiary alicyclic amines) is 1. The van der Waals surface area contributed by atoms with Gasteiger partial charge in [-0.15, -0.1) is 0 Å². The van der Waals surface area contributed by atoms with Crippen molar-refractivity contribution in [3.63, 3.8) is 0 Å². The topological polar surface area (TPSA) is 79.0 Å². The van der Waals surface area contributed by atoms with Gasteiger partial charge in [0, 0.05) is 35.7 Å². The van der Waals surface area contributed by atoms with Crippen LogP contribution in [0.1, 0.15) is 25.3 Å². The second kappa shape index (κ2) is 12.2. The Bertz CT molecular complexity index is 1140. The smallest absolute Gasteiger partial charge is 0.226 e. The predicted octanol–water partition coefficient (Wildman–Crippen LogP) is 5.43. The summed E-state index contributed by atoms with van der Waals surface area (Å²) in [7, 11) is 0. The number of oxazole rings is 1. The van der Waals surface area contributed by atoms with E-state index < -0.39 is 5.60 Å². The number of hydrogen-bond donors (Lipinski definition) is 2. The summed E-state index contributed by atoms with van der Waals surface area (Å²) in [6.45, 7) is 3.93. The zero-order chi connectivity index (χ0) is 24.8. The molecular weight excluding hydrogens is 670 g/mol. The zero-order valence-corrected chi connectivity index (χ0v) is 24.2. The lowest BCUT2D eigenvalue weighted by Crippen LogP contribution is -2.47. The van der Waals surface area contributed by atoms with Crippen LogP contribution in [0.2, 0.25) is 0 Å². The third kappa shape index (κ3) is 6.65. The number of ether oxygens (including phenoxy) is 1. The number of rotatable bonds is 10. The minimum Gasteiger partial charge on any atom is -0.471 e. The standard InChI is InChI=1S/C27H32I2N2O4/c1-27(33,18-32)22-10-7-13-31(16-22)15-21-12-11-20(14-24(21)35-26(28-2)29-3)23-17-34-25(30-23)19-8-5-4-6-9-19/h4-6,8-9,11-12,14,17,22,26,32-33H,2-3,7,10,13,15-16,18H2,1H3/t22-,27+/m0/s1. The van der Waals surface area contributed by atoms with E-state index in [-0.39, 0.29) is 56.1 Å². The van der Waals surface area contributed by atoms with Crippen LogP contribution >= 0.6 is 41.5 Å². The van der Waals surface area contributed by atoms with Crippen LogP contribution in [0.25, 0.3) is 22.7 Å². The van der Waals surface area contributed by atoms with Crippen LogP contribution in [0, 0.1) is 5.92 Å². The van der Waals surface area contributed by atoms with Crippen LogP contribution < -0.4 is 4.74 Å². The zero-order valence-electron chi connectivity index (χ0n) is 19.9. The summed E-state index contributed by atoms with van der Waals surface area (Å²) in [5, 5.41) is 20.2. The number of benzene rings is 2. The highest BCUT2D eigenvalue weighted by Crippen LogP contribution is 2.35. The minimum absolute atomic E-state index is 0.0422. The Hall–Kier alpha value is -1.47. The summed E-state index contributed by atoms with van der Waals surface area (Å²) in [6, 6.07) is 16.1. The average molecular weight is 702 g/mol. The van der Waals surface area contributed by atoms with Gasteiger partial charge in [0.05, 0.1) is 12.2 Å². The molecule has 0 spiro atoms. The summed E-state index contributed by atoms with van der Waals surface area (Å²) in [6.07, 6.45) is 3.60. The van der Waals surface area contributed by atoms with Gasteiger partial charge in [-0.2, -0.15) is 0 Å². The number of aliphatic hydroxyl groups excluding tert-OH is 1. The van der Waals surface area contributed by atoms with Crippen molar-refractivity contribution in [3.05, 3.63) is 60.4 Å². The third-order valence-corrected chi connectivity index (χ3v) is 12.8. The molecule has 3 aromatic rings. The third-order valence-electron chi connectivity index (χ3n) is 6.45. The Balaban J connectivity index is 1.60. The highest BCUT2D eigenvalue weighted by Gasteiger charge is 2.34. The molecule has 1 saturated heterocycles. The van der Waals surface area contributed by atoms with Gasteiger partial charge in [0.1, 0.15) is 17.7 Å². The molecule has 1 fully saturated rings. The first-order valence-electron chi connectivity index (χ1n) is 11.5. The highest BCUT2D eigenvalue weighted by molar-refractivity contribution is 14.3. The maximum absolute atomic E-state index is 10.6. The van der Waals surface area contributed by atoms with E-state index in [1.807, 2.05) is 30.3 Å². The van der Waals surface area contributed by atoms with Crippen molar-refractivity contribution in [3.8, 4) is 28.5 Å². The minimum atomic E-state index is -1.06. The van der Waals surface area contributed by atoms with Gasteiger partial charge in [-0.05, 0) is 44.5 Å². The number of nitrogens with zero attached hydrogens (tertiary/aromatic N) is 2. The van der Waals surface area contributed by atoms with Gasteiger partial charge in [0.2, 0.25) is 5.89 Å². The fourth-order valence-electron chi connectivity index (χ4n) is 4.35. The van der Waals surface area contributed by atoms with Crippen LogP contribution in [0.4, 0.5) is 0 Å². The number of aliphatic hydroxyl groups is 2. The molecule has 0 radical (unpaired) electrons. The largest absolute Gasteiger partial charge is 0.471 e. The van der Waals surface area contributed by atoms with Crippen molar-refractivity contribution in [2.75, 3.05) is 19.7 Å². The Labute approximate surface area is 226 Å². The van der Waals surface area contributed by atoms with E-state index in [2.05, 4.69) is 32.1 Å². The molecule has 188 valence electrons. The van der Waals surface area contributed by atoms with E-state index in [1.165, 1.54) is 0 Å². The molecule has 6 nitrogen and oxygen atoms in total. The SMILES string of the molecule is C=IC(Oc1cc(-c2coc(-c3ccccc3)n2)ccc1CN1CCC[C@H]([C@](C)(O)CO)C1)I=C. The lowest BCUT2D eigenvalue weighted by molar-refractivity contribution is -0.0697. The molecule has 2 aromatic carbocycles. The quantitative estimate of drug-likeness (QED) is 0.217. The second-order valence-corrected chi connectivity index (χ2v) is 15.4. The van der Waals surface area contributed by atoms with Crippen molar-refractivity contribution in [1.29, 1.82) is 0 Å². The lowest BCUT2D eigenvalue weighted by atomic mass is 9.83. The molecule has 2 atom stereocenters. The van der Waals surface area contributed by atoms with Crippen LogP contribution in [-0.4, -0.2) is 56.5 Å². The van der Waals surface area contributed by atoms with Crippen LogP contribution in [0.5, 0.6) is 5.75 Å². The molecular formula is C27H32I2N2O4. The first-order chi connectivity index (χ1) is 16.9. The molecule has 35 heavy (non-hydrogen) atoms. The van der Waals surface area contributed by atoms with Crippen molar-refractivity contribution in [2.24, 2.45) is 5.92 Å². The molecule has 0 bridgehead atoms. The molecule has 1 aromatic heterocycles. The normalized spacial score (nSPS) is 18.5. The predicted molar refractivity (Wildman–Crippen MR) is 160 cm³/mol. The van der Waals surface area contributed by atoms with Gasteiger partial charge in [0.15, 0.2) is 2.12 Å². The van der Waals surface area contributed by atoms with Crippen LogP contribution in [0.3, 0.4) is 0 Å². The summed E-state index contributed by atoms with van der Waals surface area (Å²) >= 11 is -0.659. The van der Waals surface area contributed by atoms with Crippen molar-refractivity contribution in [2.45, 2.75) is 34.0 Å². The molecule has 2 N–H and O–H groups in total. The van der Waals surface area contributed by atoms with Gasteiger partial charge in [-0.25, -0.2) is 4.98 Å². The van der Waals surface area contributed by atoms with Gasteiger partial charge in [-0.3, -0.25) is 4.90 Å². The molecule has 8 heteroatoms. The summed E-state index contributed by atoms with van der Waals surface area (Å²) in [5.41, 5.74) is 2.69. The number of alkyl halides is 2. The van der Waals surface area contributed by atoms with Gasteiger partial charge in [-0.1, -0.05) is 80.8 Å². The fourth-order valence-corrected chi connectivity index (χ4v) is 7.07. The van der Waals surface area contributed by atoms with E-state index in [9.17, 15) is 10.2 Å². The van der Waals surface area contributed by atoms with Gasteiger partial charge < -0.3 is 19.4 Å². The number of halogens is 2. The van der Waals surface area contributed by atoms with E-state index >= 15 is 0 Å². The van der Waals surface area contributed by atoms with Crippen LogP contribution in [-0.2, 0) is 6.54 Å². The van der Waals surface area contributed by atoms with Crippen LogP contribution in [0.15, 0.2) is 59.2 Å². The molecule has 0 aliphatic carbocycles. The number of piperidine rings is 1. The number of hydrogen-bond acceptors (Lipinski definition) is 6. The second-order valence-electron chi connectivity index (χ2n) is 9.00. The Morgan fingerprint density at radius 3 is 2.69 bits per heavy atom.